The number of hydrogen-bond donors (Lipinski definition) is 2. The zero-order valence-electron chi connectivity index (χ0n) is 20.6. The number of hydrogen-bond acceptors (Lipinski definition) is 7. The number of nitrogens with zero attached hydrogens (tertiary/aromatic N) is 2. The van der Waals surface area contributed by atoms with Crippen LogP contribution < -0.4 is 0 Å². The van der Waals surface area contributed by atoms with E-state index in [1.54, 1.807) is 6.20 Å². The summed E-state index contributed by atoms with van der Waals surface area (Å²) in [5, 5.41) is 16.4. The second-order valence-electron chi connectivity index (χ2n) is 8.86. The molecule has 0 spiro atoms. The van der Waals surface area contributed by atoms with Crippen molar-refractivity contribution in [3.8, 4) is 0 Å². The number of alkyl halides is 6. The van der Waals surface area contributed by atoms with Gasteiger partial charge in [-0.2, -0.15) is 26.3 Å². The Morgan fingerprint density at radius 3 is 2.33 bits per heavy atom. The molecule has 4 heterocycles. The fourth-order valence-electron chi connectivity index (χ4n) is 4.21. The van der Waals surface area contributed by atoms with Crippen molar-refractivity contribution in [2.45, 2.75) is 50.9 Å². The zero-order chi connectivity index (χ0) is 29.1. The molecule has 2 aliphatic heterocycles. The predicted octanol–water partition coefficient (Wildman–Crippen LogP) is 5.00. The summed E-state index contributed by atoms with van der Waals surface area (Å²) in [6.07, 6.45) is -2.69. The topological polar surface area (TPSA) is 109 Å². The van der Waals surface area contributed by atoms with Gasteiger partial charge in [0.1, 0.15) is 0 Å². The first-order valence-corrected chi connectivity index (χ1v) is 12.5. The van der Waals surface area contributed by atoms with E-state index in [0.29, 0.717) is 12.7 Å². The largest absolute Gasteiger partial charge is 0.490 e. The van der Waals surface area contributed by atoms with Crippen LogP contribution in [0.1, 0.15) is 29.7 Å². The number of aromatic nitrogens is 1. The van der Waals surface area contributed by atoms with Gasteiger partial charge >= 0.3 is 24.3 Å². The number of piperidine rings is 1. The average molecular weight is 587 g/mol. The van der Waals surface area contributed by atoms with Gasteiger partial charge in [0.2, 0.25) is 0 Å². The molecule has 39 heavy (non-hydrogen) atoms. The third-order valence-electron chi connectivity index (χ3n) is 5.89. The third-order valence-corrected chi connectivity index (χ3v) is 6.75. The number of fused-ring (bicyclic) bond motifs is 1. The summed E-state index contributed by atoms with van der Waals surface area (Å²) in [7, 11) is 0. The van der Waals surface area contributed by atoms with Gasteiger partial charge in [-0.1, -0.05) is 12.1 Å². The number of carboxylic acids is 2. The fraction of sp³-hybridized carbons (Fsp3) is 0.542. The van der Waals surface area contributed by atoms with E-state index in [2.05, 4.69) is 33.5 Å². The van der Waals surface area contributed by atoms with Gasteiger partial charge in [-0.3, -0.25) is 9.88 Å². The van der Waals surface area contributed by atoms with Gasteiger partial charge in [-0.25, -0.2) is 9.59 Å². The molecule has 0 aromatic carbocycles. The number of likely N-dealkylation sites (tertiary alicyclic amines) is 1. The molecule has 0 radical (unpaired) electrons. The Bertz CT molecular complexity index is 998. The molecule has 2 fully saturated rings. The summed E-state index contributed by atoms with van der Waals surface area (Å²) >= 11 is 1.85. The normalized spacial score (nSPS) is 21.4. The number of ether oxygens (including phenoxy) is 2. The van der Waals surface area contributed by atoms with Gasteiger partial charge < -0.3 is 19.7 Å². The van der Waals surface area contributed by atoms with Crippen LogP contribution in [0.3, 0.4) is 0 Å². The number of pyridine rings is 1. The molecular weight excluding hydrogens is 558 g/mol. The van der Waals surface area contributed by atoms with E-state index in [0.717, 1.165) is 51.3 Å². The first-order valence-electron chi connectivity index (χ1n) is 11.7. The van der Waals surface area contributed by atoms with Crippen molar-refractivity contribution in [2.75, 3.05) is 26.3 Å². The van der Waals surface area contributed by atoms with Crippen molar-refractivity contribution in [3.05, 3.63) is 52.5 Å². The fourth-order valence-corrected chi connectivity index (χ4v) is 4.95. The molecule has 218 valence electrons. The molecule has 2 N–H and O–H groups in total. The molecule has 8 nitrogen and oxygen atoms in total. The molecule has 2 saturated heterocycles. The highest BCUT2D eigenvalue weighted by Crippen LogP contribution is 2.41. The summed E-state index contributed by atoms with van der Waals surface area (Å²) in [6.45, 7) is 5.55. The second-order valence-corrected chi connectivity index (χ2v) is 9.90. The lowest BCUT2D eigenvalue weighted by Crippen LogP contribution is -2.56. The van der Waals surface area contributed by atoms with Gasteiger partial charge in [-0.05, 0) is 42.3 Å². The molecule has 2 aromatic heterocycles. The second kappa shape index (κ2) is 14.6. The van der Waals surface area contributed by atoms with Gasteiger partial charge in [0.15, 0.2) is 0 Å². The Balaban J connectivity index is 0.000000317. The van der Waals surface area contributed by atoms with Gasteiger partial charge in [-0.15, -0.1) is 11.3 Å². The first kappa shape index (κ1) is 32.5. The predicted molar refractivity (Wildman–Crippen MR) is 127 cm³/mol. The average Bonchev–Trinajstić information content (AvgIpc) is 3.37. The molecule has 2 aromatic rings. The highest BCUT2D eigenvalue weighted by Gasteiger charge is 2.46. The number of carboxylic acid groups (broad SMARTS) is 2. The van der Waals surface area contributed by atoms with E-state index in [1.165, 1.54) is 11.3 Å². The minimum Gasteiger partial charge on any atom is -0.475 e. The SMILES string of the molecule is O=C(O)C(F)(F)F.O=C(O)C(F)(F)F.c1cncc(COCC23CCCOC2CCN(Cc2cccs2)C3)c1. The Kier molecular flexibility index (Phi) is 12.1. The molecule has 0 amide bonds. The van der Waals surface area contributed by atoms with Crippen molar-refractivity contribution in [2.24, 2.45) is 5.41 Å². The highest BCUT2D eigenvalue weighted by molar-refractivity contribution is 7.09. The first-order chi connectivity index (χ1) is 18.2. The van der Waals surface area contributed by atoms with Crippen LogP contribution >= 0.6 is 11.3 Å². The van der Waals surface area contributed by atoms with Crippen molar-refractivity contribution >= 4 is 23.3 Å². The standard InChI is InChI=1S/C20H26N2O2S.2C2HF3O2/c1-4-17(12-21-8-1)14-23-16-20-7-3-10-24-19(20)6-9-22(15-20)13-18-5-2-11-25-18;2*3-2(4,5)1(6)7/h1-2,4-5,8,11-12,19H,3,6-7,9-10,13-16H2;2*(H,6,7). The maximum atomic E-state index is 10.6. The lowest BCUT2D eigenvalue weighted by molar-refractivity contribution is -0.193. The van der Waals surface area contributed by atoms with Crippen LogP contribution in [0, 0.1) is 5.41 Å². The van der Waals surface area contributed by atoms with E-state index in [1.807, 2.05) is 23.6 Å². The minimum atomic E-state index is -5.08. The van der Waals surface area contributed by atoms with E-state index in [-0.39, 0.29) is 5.41 Å². The van der Waals surface area contributed by atoms with Crippen molar-refractivity contribution in [1.29, 1.82) is 0 Å². The molecule has 15 heteroatoms. The Morgan fingerprint density at radius 1 is 1.13 bits per heavy atom. The van der Waals surface area contributed by atoms with Crippen LogP contribution in [0.15, 0.2) is 42.0 Å². The van der Waals surface area contributed by atoms with Crippen LogP contribution in [0.4, 0.5) is 26.3 Å². The molecule has 2 aliphatic rings. The molecule has 2 unspecified atom stereocenters. The zero-order valence-corrected chi connectivity index (χ0v) is 21.4. The highest BCUT2D eigenvalue weighted by atomic mass is 32.1. The Morgan fingerprint density at radius 2 is 1.79 bits per heavy atom. The van der Waals surface area contributed by atoms with E-state index in [4.69, 9.17) is 29.3 Å². The van der Waals surface area contributed by atoms with E-state index >= 15 is 0 Å². The minimum absolute atomic E-state index is 0.135. The van der Waals surface area contributed by atoms with Crippen LogP contribution in [0.2, 0.25) is 0 Å². The van der Waals surface area contributed by atoms with Crippen molar-refractivity contribution < 1.29 is 55.6 Å². The van der Waals surface area contributed by atoms with E-state index < -0.39 is 24.3 Å². The quantitative estimate of drug-likeness (QED) is 0.456. The summed E-state index contributed by atoms with van der Waals surface area (Å²) < 4.78 is 75.8. The summed E-state index contributed by atoms with van der Waals surface area (Å²) in [4.78, 5) is 26.0. The van der Waals surface area contributed by atoms with Gasteiger partial charge in [0.25, 0.3) is 0 Å². The maximum absolute atomic E-state index is 10.6. The van der Waals surface area contributed by atoms with Crippen molar-refractivity contribution in [1.82, 2.24) is 9.88 Å². The third kappa shape index (κ3) is 11.1. The summed E-state index contributed by atoms with van der Waals surface area (Å²) in [5.41, 5.74) is 1.27. The Hall–Kier alpha value is -2.75. The van der Waals surface area contributed by atoms with Crippen LogP contribution in [0.5, 0.6) is 0 Å². The van der Waals surface area contributed by atoms with Gasteiger partial charge in [0, 0.05) is 48.9 Å². The lowest BCUT2D eigenvalue weighted by atomic mass is 9.73. The number of thiophene rings is 1. The van der Waals surface area contributed by atoms with Crippen LogP contribution in [-0.4, -0.2) is 76.8 Å². The number of rotatable bonds is 6. The van der Waals surface area contributed by atoms with Gasteiger partial charge in [0.05, 0.1) is 19.3 Å². The molecule has 2 atom stereocenters. The molecular formula is C24H28F6N2O6S. The van der Waals surface area contributed by atoms with Crippen LogP contribution in [-0.2, 0) is 32.2 Å². The number of aliphatic carboxylic acids is 2. The number of carbonyl (C=O) groups is 2. The molecule has 0 bridgehead atoms. The van der Waals surface area contributed by atoms with Crippen molar-refractivity contribution in [3.63, 3.8) is 0 Å². The smallest absolute Gasteiger partial charge is 0.475 e. The molecule has 0 saturated carbocycles. The summed E-state index contributed by atoms with van der Waals surface area (Å²) in [5.74, 6) is -5.51. The maximum Gasteiger partial charge on any atom is 0.490 e. The molecule has 0 aliphatic carbocycles. The van der Waals surface area contributed by atoms with E-state index in [9.17, 15) is 26.3 Å². The molecule has 4 rings (SSSR count). The lowest BCUT2D eigenvalue weighted by Gasteiger charge is -2.50. The number of halogens is 6. The Labute approximate surface area is 224 Å². The monoisotopic (exact) mass is 586 g/mol. The van der Waals surface area contributed by atoms with Crippen LogP contribution in [0.25, 0.3) is 0 Å². The summed E-state index contributed by atoms with van der Waals surface area (Å²) in [6, 6.07) is 8.42.